The van der Waals surface area contributed by atoms with Crippen molar-refractivity contribution in [2.75, 3.05) is 0 Å². The SMILES string of the molecule is C=CCC(CC=C)CC(I)c1ccccc1. The fourth-order valence-electron chi connectivity index (χ4n) is 1.85. The molecule has 0 aliphatic carbocycles. The minimum absolute atomic E-state index is 0.587. The summed E-state index contributed by atoms with van der Waals surface area (Å²) in [5.74, 6) is 0.678. The molecule has 1 heteroatoms. The highest BCUT2D eigenvalue weighted by Gasteiger charge is 2.13. The second-order valence-electron chi connectivity index (χ2n) is 4.03. The van der Waals surface area contributed by atoms with E-state index in [4.69, 9.17) is 0 Å². The van der Waals surface area contributed by atoms with Gasteiger partial charge in [0.15, 0.2) is 0 Å². The topological polar surface area (TPSA) is 0 Å². The van der Waals surface area contributed by atoms with Crippen LogP contribution < -0.4 is 0 Å². The molecule has 0 saturated carbocycles. The van der Waals surface area contributed by atoms with Gasteiger partial charge in [-0.2, -0.15) is 0 Å². The second kappa shape index (κ2) is 7.66. The van der Waals surface area contributed by atoms with E-state index in [0.29, 0.717) is 9.84 Å². The lowest BCUT2D eigenvalue weighted by molar-refractivity contribution is 0.500. The molecule has 0 fully saturated rings. The number of hydrogen-bond acceptors (Lipinski definition) is 0. The van der Waals surface area contributed by atoms with Crippen LogP contribution in [0.4, 0.5) is 0 Å². The molecule has 0 nitrogen and oxygen atoms in total. The summed E-state index contributed by atoms with van der Waals surface area (Å²) in [5.41, 5.74) is 1.42. The molecule has 0 bridgehead atoms. The van der Waals surface area contributed by atoms with E-state index in [2.05, 4.69) is 66.1 Å². The van der Waals surface area contributed by atoms with E-state index in [1.165, 1.54) is 12.0 Å². The first kappa shape index (κ1) is 13.5. The Balaban J connectivity index is 2.57. The molecule has 0 amide bonds. The van der Waals surface area contributed by atoms with Crippen molar-refractivity contribution in [2.45, 2.75) is 23.2 Å². The maximum Gasteiger partial charge on any atom is 0.0362 e. The molecule has 1 aromatic rings. The predicted octanol–water partition coefficient (Wildman–Crippen LogP) is 5.32. The van der Waals surface area contributed by atoms with Crippen molar-refractivity contribution in [2.24, 2.45) is 5.92 Å². The Kier molecular flexibility index (Phi) is 6.46. The van der Waals surface area contributed by atoms with Gasteiger partial charge < -0.3 is 0 Å². The van der Waals surface area contributed by atoms with Gasteiger partial charge in [0, 0.05) is 3.92 Å². The van der Waals surface area contributed by atoms with E-state index in [-0.39, 0.29) is 0 Å². The van der Waals surface area contributed by atoms with Gasteiger partial charge in [-0.3, -0.25) is 0 Å². The number of hydrogen-bond donors (Lipinski definition) is 0. The van der Waals surface area contributed by atoms with Crippen LogP contribution in [0.25, 0.3) is 0 Å². The summed E-state index contributed by atoms with van der Waals surface area (Å²) >= 11 is 2.53. The molecule has 0 aliphatic rings. The van der Waals surface area contributed by atoms with E-state index in [0.717, 1.165) is 12.8 Å². The molecule has 0 spiro atoms. The van der Waals surface area contributed by atoms with Crippen LogP contribution in [0.15, 0.2) is 55.6 Å². The summed E-state index contributed by atoms with van der Waals surface area (Å²) in [6, 6.07) is 10.7. The Labute approximate surface area is 113 Å². The van der Waals surface area contributed by atoms with Crippen LogP contribution in [-0.2, 0) is 0 Å². The van der Waals surface area contributed by atoms with E-state index >= 15 is 0 Å². The van der Waals surface area contributed by atoms with Crippen molar-refractivity contribution in [3.63, 3.8) is 0 Å². The van der Waals surface area contributed by atoms with Crippen molar-refractivity contribution < 1.29 is 0 Å². The standard InChI is InChI=1S/C15H19I/c1-3-8-13(9-4-2)12-15(16)14-10-6-5-7-11-14/h3-7,10-11,13,15H,1-2,8-9,12H2. The number of halogens is 1. The summed E-state index contributed by atoms with van der Waals surface area (Å²) in [4.78, 5) is 0. The van der Waals surface area contributed by atoms with Gasteiger partial charge in [0.05, 0.1) is 0 Å². The summed E-state index contributed by atoms with van der Waals surface area (Å²) in [5, 5.41) is 0. The van der Waals surface area contributed by atoms with Crippen molar-refractivity contribution in [3.05, 3.63) is 61.2 Å². The molecular formula is C15H19I. The largest absolute Gasteiger partial charge is 0.103 e. The predicted molar refractivity (Wildman–Crippen MR) is 80.9 cm³/mol. The zero-order valence-electron chi connectivity index (χ0n) is 9.61. The molecule has 16 heavy (non-hydrogen) atoms. The summed E-state index contributed by atoms with van der Waals surface area (Å²) in [6.07, 6.45) is 7.39. The molecule has 0 aromatic heterocycles. The van der Waals surface area contributed by atoms with Crippen LogP contribution in [0.2, 0.25) is 0 Å². The highest BCUT2D eigenvalue weighted by molar-refractivity contribution is 14.1. The third-order valence-corrected chi connectivity index (χ3v) is 3.93. The zero-order chi connectivity index (χ0) is 11.8. The third kappa shape index (κ3) is 4.52. The van der Waals surface area contributed by atoms with E-state index in [1.54, 1.807) is 0 Å². The lowest BCUT2D eigenvalue weighted by Crippen LogP contribution is -2.02. The van der Waals surface area contributed by atoms with Gasteiger partial charge >= 0.3 is 0 Å². The molecule has 0 heterocycles. The highest BCUT2D eigenvalue weighted by Crippen LogP contribution is 2.32. The van der Waals surface area contributed by atoms with Crippen molar-refractivity contribution >= 4 is 22.6 Å². The number of allylic oxidation sites excluding steroid dienone is 2. The van der Waals surface area contributed by atoms with Gasteiger partial charge in [0.2, 0.25) is 0 Å². The Hall–Kier alpha value is -0.570. The molecule has 0 radical (unpaired) electrons. The smallest absolute Gasteiger partial charge is 0.0362 e. The fraction of sp³-hybridized carbons (Fsp3) is 0.333. The van der Waals surface area contributed by atoms with Crippen LogP contribution in [0.5, 0.6) is 0 Å². The van der Waals surface area contributed by atoms with E-state index in [1.807, 2.05) is 12.2 Å². The van der Waals surface area contributed by atoms with Gasteiger partial charge in [-0.1, -0.05) is 65.1 Å². The second-order valence-corrected chi connectivity index (χ2v) is 5.53. The minimum atomic E-state index is 0.587. The first-order valence-corrected chi connectivity index (χ1v) is 6.93. The average molecular weight is 326 g/mol. The maximum absolute atomic E-state index is 3.83. The molecule has 1 aromatic carbocycles. The van der Waals surface area contributed by atoms with E-state index in [9.17, 15) is 0 Å². The molecule has 86 valence electrons. The lowest BCUT2D eigenvalue weighted by atomic mass is 9.93. The van der Waals surface area contributed by atoms with Crippen LogP contribution >= 0.6 is 22.6 Å². The first-order chi connectivity index (χ1) is 7.77. The third-order valence-electron chi connectivity index (χ3n) is 2.70. The molecule has 1 unspecified atom stereocenters. The van der Waals surface area contributed by atoms with E-state index < -0.39 is 0 Å². The Bertz CT molecular complexity index is 305. The molecule has 1 atom stereocenters. The highest BCUT2D eigenvalue weighted by atomic mass is 127. The normalized spacial score (nSPS) is 12.4. The zero-order valence-corrected chi connectivity index (χ0v) is 11.8. The summed E-state index contributed by atoms with van der Waals surface area (Å²) < 4.78 is 0.587. The van der Waals surface area contributed by atoms with Crippen LogP contribution in [-0.4, -0.2) is 0 Å². The van der Waals surface area contributed by atoms with Gasteiger partial charge in [-0.25, -0.2) is 0 Å². The van der Waals surface area contributed by atoms with Gasteiger partial charge in [-0.15, -0.1) is 13.2 Å². The van der Waals surface area contributed by atoms with Crippen LogP contribution in [0, 0.1) is 5.92 Å². The van der Waals surface area contributed by atoms with Crippen LogP contribution in [0.3, 0.4) is 0 Å². The number of benzene rings is 1. The minimum Gasteiger partial charge on any atom is -0.103 e. The molecular weight excluding hydrogens is 307 g/mol. The molecule has 0 N–H and O–H groups in total. The first-order valence-electron chi connectivity index (χ1n) is 5.68. The fourth-order valence-corrected chi connectivity index (χ4v) is 2.99. The maximum atomic E-state index is 3.83. The van der Waals surface area contributed by atoms with Gasteiger partial charge in [0.1, 0.15) is 0 Å². The monoisotopic (exact) mass is 326 g/mol. The van der Waals surface area contributed by atoms with Crippen molar-refractivity contribution in [3.8, 4) is 0 Å². The van der Waals surface area contributed by atoms with Crippen molar-refractivity contribution in [1.29, 1.82) is 0 Å². The molecule has 1 rings (SSSR count). The lowest BCUT2D eigenvalue weighted by Gasteiger charge is -2.17. The van der Waals surface area contributed by atoms with Crippen LogP contribution in [0.1, 0.15) is 28.8 Å². The molecule has 0 saturated heterocycles. The number of alkyl halides is 1. The summed E-state index contributed by atoms with van der Waals surface area (Å²) in [6.45, 7) is 7.65. The van der Waals surface area contributed by atoms with Gasteiger partial charge in [0.25, 0.3) is 0 Å². The Morgan fingerprint density at radius 3 is 2.12 bits per heavy atom. The average Bonchev–Trinajstić information content (AvgIpc) is 2.31. The Morgan fingerprint density at radius 2 is 1.62 bits per heavy atom. The van der Waals surface area contributed by atoms with Gasteiger partial charge in [-0.05, 0) is 30.7 Å². The molecule has 0 aliphatic heterocycles. The van der Waals surface area contributed by atoms with Crippen molar-refractivity contribution in [1.82, 2.24) is 0 Å². The quantitative estimate of drug-likeness (QED) is 0.361. The number of rotatable bonds is 7. The summed E-state index contributed by atoms with van der Waals surface area (Å²) in [7, 11) is 0. The Morgan fingerprint density at radius 1 is 1.06 bits per heavy atom.